The van der Waals surface area contributed by atoms with Crippen LogP contribution in [0.1, 0.15) is 11.1 Å². The van der Waals surface area contributed by atoms with Crippen molar-refractivity contribution >= 4 is 45.4 Å². The van der Waals surface area contributed by atoms with Crippen molar-refractivity contribution in [1.29, 1.82) is 0 Å². The highest BCUT2D eigenvalue weighted by atomic mass is 16.5. The number of carbonyl (C=O) groups excluding carboxylic acids is 1. The van der Waals surface area contributed by atoms with Crippen molar-refractivity contribution < 1.29 is 13.9 Å². The number of nitrogens with one attached hydrogen (secondary N) is 1. The van der Waals surface area contributed by atoms with Crippen LogP contribution in [0.25, 0.3) is 33.5 Å². The van der Waals surface area contributed by atoms with E-state index in [4.69, 9.17) is 14.1 Å². The topological polar surface area (TPSA) is 102 Å². The number of hydrogen-bond acceptors (Lipinski definition) is 7. The highest BCUT2D eigenvalue weighted by molar-refractivity contribution is 5.93. The smallest absolute Gasteiger partial charge is 0.282 e. The highest BCUT2D eigenvalue weighted by Gasteiger charge is 2.17. The van der Waals surface area contributed by atoms with Crippen molar-refractivity contribution in [2.75, 3.05) is 30.9 Å². The Labute approximate surface area is 247 Å². The molecule has 0 aliphatic carbocycles. The minimum absolute atomic E-state index is 0.215. The summed E-state index contributed by atoms with van der Waals surface area (Å²) in [5.74, 6) is 0.811. The van der Waals surface area contributed by atoms with Crippen LogP contribution in [0.2, 0.25) is 0 Å². The molecule has 0 saturated heterocycles. The van der Waals surface area contributed by atoms with Gasteiger partial charge in [-0.2, -0.15) is 9.78 Å². The number of ether oxygens (including phenoxy) is 1. The van der Waals surface area contributed by atoms with E-state index in [1.165, 1.54) is 10.9 Å². The molecule has 43 heavy (non-hydrogen) atoms. The maximum Gasteiger partial charge on any atom is 0.282 e. The van der Waals surface area contributed by atoms with Gasteiger partial charge in [-0.3, -0.25) is 9.59 Å². The largest absolute Gasteiger partial charge is 0.483 e. The summed E-state index contributed by atoms with van der Waals surface area (Å²) in [6, 6.07) is 29.6. The predicted molar refractivity (Wildman–Crippen MR) is 170 cm³/mol. The summed E-state index contributed by atoms with van der Waals surface area (Å²) in [5, 5.41) is 8.77. The Bertz CT molecular complexity index is 2030. The van der Waals surface area contributed by atoms with Gasteiger partial charge >= 0.3 is 0 Å². The molecule has 6 aromatic rings. The number of nitrogens with zero attached hydrogens (tertiary/aromatic N) is 4. The van der Waals surface area contributed by atoms with Crippen LogP contribution in [0.3, 0.4) is 0 Å². The van der Waals surface area contributed by atoms with Gasteiger partial charge in [-0.25, -0.2) is 4.98 Å². The van der Waals surface area contributed by atoms with Gasteiger partial charge in [-0.05, 0) is 55.0 Å². The number of para-hydroxylation sites is 3. The SMILES string of the molecule is Cc1ccccc1NC(=O)COc1cc(N(C)C)ccc1C=Nn1c(-c2cc3ccccc3o2)nc2ccccc2c1=O. The summed E-state index contributed by atoms with van der Waals surface area (Å²) in [5.41, 5.74) is 3.99. The summed E-state index contributed by atoms with van der Waals surface area (Å²) in [6.07, 6.45) is 1.53. The first-order valence-corrected chi connectivity index (χ1v) is 13.7. The molecule has 9 nitrogen and oxygen atoms in total. The Morgan fingerprint density at radius 2 is 1.77 bits per heavy atom. The molecule has 0 radical (unpaired) electrons. The molecule has 214 valence electrons. The van der Waals surface area contributed by atoms with Crippen LogP contribution in [-0.2, 0) is 4.79 Å². The van der Waals surface area contributed by atoms with Crippen molar-refractivity contribution in [2.45, 2.75) is 6.92 Å². The van der Waals surface area contributed by atoms with E-state index in [-0.39, 0.29) is 23.9 Å². The second kappa shape index (κ2) is 11.7. The zero-order valence-electron chi connectivity index (χ0n) is 23.9. The molecule has 0 bridgehead atoms. The number of carbonyl (C=O) groups is 1. The van der Waals surface area contributed by atoms with Gasteiger partial charge in [-0.1, -0.05) is 48.5 Å². The summed E-state index contributed by atoms with van der Waals surface area (Å²) >= 11 is 0. The lowest BCUT2D eigenvalue weighted by Gasteiger charge is -2.16. The van der Waals surface area contributed by atoms with E-state index in [1.807, 2.05) is 105 Å². The Morgan fingerprint density at radius 1 is 1.00 bits per heavy atom. The predicted octanol–water partition coefficient (Wildman–Crippen LogP) is 6.08. The Kier molecular flexibility index (Phi) is 7.44. The third-order valence-corrected chi connectivity index (χ3v) is 7.00. The molecular formula is C34H29N5O4. The minimum Gasteiger partial charge on any atom is -0.483 e. The second-order valence-electron chi connectivity index (χ2n) is 10.2. The maximum atomic E-state index is 13.7. The molecule has 0 spiro atoms. The first-order chi connectivity index (χ1) is 20.9. The molecule has 4 aromatic carbocycles. The van der Waals surface area contributed by atoms with Crippen molar-refractivity contribution in [3.8, 4) is 17.3 Å². The molecule has 2 aromatic heterocycles. The molecule has 0 atom stereocenters. The summed E-state index contributed by atoms with van der Waals surface area (Å²) in [7, 11) is 3.83. The summed E-state index contributed by atoms with van der Waals surface area (Å²) in [4.78, 5) is 33.1. The molecular weight excluding hydrogens is 542 g/mol. The Balaban J connectivity index is 1.37. The van der Waals surface area contributed by atoms with E-state index < -0.39 is 0 Å². The molecule has 6 rings (SSSR count). The van der Waals surface area contributed by atoms with Gasteiger partial charge in [-0.15, -0.1) is 0 Å². The maximum absolute atomic E-state index is 13.7. The van der Waals surface area contributed by atoms with Gasteiger partial charge in [0.15, 0.2) is 12.4 Å². The molecule has 2 heterocycles. The van der Waals surface area contributed by atoms with E-state index >= 15 is 0 Å². The zero-order valence-corrected chi connectivity index (χ0v) is 23.9. The van der Waals surface area contributed by atoms with Crippen molar-refractivity contribution in [3.63, 3.8) is 0 Å². The van der Waals surface area contributed by atoms with Crippen LogP contribution in [-0.4, -0.2) is 42.5 Å². The fraction of sp³-hybridized carbons (Fsp3) is 0.118. The minimum atomic E-state index is -0.345. The number of hydrogen-bond donors (Lipinski definition) is 1. The number of aryl methyl sites for hydroxylation is 1. The fourth-order valence-corrected chi connectivity index (χ4v) is 4.68. The molecule has 0 unspecified atom stereocenters. The van der Waals surface area contributed by atoms with Gasteiger partial charge < -0.3 is 19.4 Å². The lowest BCUT2D eigenvalue weighted by atomic mass is 10.2. The van der Waals surface area contributed by atoms with Gasteiger partial charge in [0.25, 0.3) is 11.5 Å². The molecule has 0 aliphatic rings. The summed E-state index contributed by atoms with van der Waals surface area (Å²) in [6.45, 7) is 1.71. The molecule has 1 amide bonds. The quantitative estimate of drug-likeness (QED) is 0.222. The first-order valence-electron chi connectivity index (χ1n) is 13.7. The van der Waals surface area contributed by atoms with E-state index in [0.29, 0.717) is 33.6 Å². The zero-order chi connectivity index (χ0) is 29.9. The number of rotatable bonds is 8. The average Bonchev–Trinajstić information content (AvgIpc) is 3.45. The number of benzene rings is 4. The van der Waals surface area contributed by atoms with Gasteiger partial charge in [0.1, 0.15) is 11.3 Å². The van der Waals surface area contributed by atoms with E-state index in [1.54, 1.807) is 18.2 Å². The van der Waals surface area contributed by atoms with Crippen LogP contribution in [0.5, 0.6) is 5.75 Å². The average molecular weight is 572 g/mol. The fourth-order valence-electron chi connectivity index (χ4n) is 4.68. The van der Waals surface area contributed by atoms with E-state index in [2.05, 4.69) is 10.4 Å². The van der Waals surface area contributed by atoms with Gasteiger partial charge in [0.05, 0.1) is 17.1 Å². The molecule has 0 fully saturated rings. The lowest BCUT2D eigenvalue weighted by molar-refractivity contribution is -0.118. The monoisotopic (exact) mass is 571 g/mol. The number of aromatic nitrogens is 2. The third kappa shape index (κ3) is 5.73. The number of furan rings is 1. The molecule has 0 aliphatic heterocycles. The Morgan fingerprint density at radius 3 is 2.58 bits per heavy atom. The van der Waals surface area contributed by atoms with Crippen molar-refractivity contribution in [3.05, 3.63) is 119 Å². The number of anilines is 2. The number of amides is 1. The standard InChI is InChI=1S/C34H29N5O4/c1-22-10-4-7-13-27(22)36-32(40)21-42-30-19-25(38(2)3)17-16-24(30)20-35-39-33(31-18-23-11-5-9-15-29(23)43-31)37-28-14-8-6-12-26(28)34(39)41/h4-20H,21H2,1-3H3,(H,36,40). The highest BCUT2D eigenvalue weighted by Crippen LogP contribution is 2.28. The van der Waals surface area contributed by atoms with Crippen LogP contribution in [0.15, 0.2) is 111 Å². The van der Waals surface area contributed by atoms with Gasteiger partial charge in [0, 0.05) is 42.5 Å². The van der Waals surface area contributed by atoms with Crippen LogP contribution in [0, 0.1) is 6.92 Å². The molecule has 9 heteroatoms. The van der Waals surface area contributed by atoms with Crippen LogP contribution < -0.4 is 20.5 Å². The lowest BCUT2D eigenvalue weighted by Crippen LogP contribution is -2.21. The van der Waals surface area contributed by atoms with E-state index in [0.717, 1.165) is 22.3 Å². The van der Waals surface area contributed by atoms with Crippen LogP contribution >= 0.6 is 0 Å². The second-order valence-corrected chi connectivity index (χ2v) is 10.2. The van der Waals surface area contributed by atoms with Crippen molar-refractivity contribution in [1.82, 2.24) is 9.66 Å². The first kappa shape index (κ1) is 27.5. The normalized spacial score (nSPS) is 11.3. The molecule has 1 N–H and O–H groups in total. The third-order valence-electron chi connectivity index (χ3n) is 7.00. The van der Waals surface area contributed by atoms with E-state index in [9.17, 15) is 9.59 Å². The number of fused-ring (bicyclic) bond motifs is 2. The van der Waals surface area contributed by atoms with Crippen molar-refractivity contribution in [2.24, 2.45) is 5.10 Å². The van der Waals surface area contributed by atoms with Gasteiger partial charge in [0.2, 0.25) is 5.82 Å². The Hall–Kier alpha value is -5.70. The molecule has 0 saturated carbocycles. The summed E-state index contributed by atoms with van der Waals surface area (Å²) < 4.78 is 13.3. The van der Waals surface area contributed by atoms with Crippen LogP contribution in [0.4, 0.5) is 11.4 Å².